The van der Waals surface area contributed by atoms with Crippen molar-refractivity contribution in [2.45, 2.75) is 46.1 Å². The van der Waals surface area contributed by atoms with Crippen molar-refractivity contribution in [3.63, 3.8) is 0 Å². The van der Waals surface area contributed by atoms with Gasteiger partial charge in [0, 0.05) is 32.7 Å². The molecule has 3 rings (SSSR count). The van der Waals surface area contributed by atoms with Gasteiger partial charge in [0.05, 0.1) is 0 Å². The van der Waals surface area contributed by atoms with Crippen LogP contribution in [0.25, 0.3) is 11.1 Å². The van der Waals surface area contributed by atoms with Crippen molar-refractivity contribution in [1.29, 1.82) is 0 Å². The highest BCUT2D eigenvalue weighted by Crippen LogP contribution is 2.25. The fourth-order valence-electron chi connectivity index (χ4n) is 3.58. The lowest BCUT2D eigenvalue weighted by Gasteiger charge is -2.16. The van der Waals surface area contributed by atoms with Crippen molar-refractivity contribution >= 4 is 12.0 Å². The zero-order chi connectivity index (χ0) is 26.5. The topological polar surface area (TPSA) is 132 Å². The largest absolute Gasteiger partial charge is 0.484 e. The van der Waals surface area contributed by atoms with Crippen LogP contribution < -0.4 is 15.4 Å². The average molecular weight is 512 g/mol. The number of carbonyl (C=O) groups is 2. The van der Waals surface area contributed by atoms with Gasteiger partial charge >= 0.3 is 6.09 Å². The molecule has 198 valence electrons. The SMILES string of the molecule is CCOC(CCCNC(=O)c1coc(COc2cccc(-c3cccc(CNC(=O)O)c3)c2)n1)OCC. The molecule has 10 heteroatoms. The lowest BCUT2D eigenvalue weighted by Crippen LogP contribution is -2.26. The fourth-order valence-corrected chi connectivity index (χ4v) is 3.58. The Morgan fingerprint density at radius 1 is 1.03 bits per heavy atom. The summed E-state index contributed by atoms with van der Waals surface area (Å²) in [6, 6.07) is 15.1. The first kappa shape index (κ1) is 27.7. The number of nitrogens with zero attached hydrogens (tertiary/aromatic N) is 1. The third-order valence-electron chi connectivity index (χ3n) is 5.29. The summed E-state index contributed by atoms with van der Waals surface area (Å²) < 4.78 is 22.2. The standard InChI is InChI=1S/C27H33N3O7/c1-3-34-25(35-4-2)12-7-13-28-26(31)23-17-37-24(30-23)18-36-22-11-6-10-21(15-22)20-9-5-8-19(14-20)16-29-27(32)33/h5-6,8-11,14-15,17,25,29H,3-4,7,12-13,16,18H2,1-2H3,(H,28,31)(H,32,33). The van der Waals surface area contributed by atoms with Gasteiger partial charge in [-0.25, -0.2) is 9.78 Å². The second-order valence-corrected chi connectivity index (χ2v) is 8.04. The van der Waals surface area contributed by atoms with E-state index >= 15 is 0 Å². The number of aromatic nitrogens is 1. The van der Waals surface area contributed by atoms with Crippen LogP contribution in [0.3, 0.4) is 0 Å². The highest BCUT2D eigenvalue weighted by Gasteiger charge is 2.13. The van der Waals surface area contributed by atoms with Crippen molar-refractivity contribution in [3.8, 4) is 16.9 Å². The van der Waals surface area contributed by atoms with Gasteiger partial charge in [0.15, 0.2) is 18.6 Å². The van der Waals surface area contributed by atoms with E-state index in [4.69, 9.17) is 23.7 Å². The Morgan fingerprint density at radius 3 is 2.49 bits per heavy atom. The number of hydrogen-bond acceptors (Lipinski definition) is 7. The summed E-state index contributed by atoms with van der Waals surface area (Å²) in [6.45, 7) is 5.73. The van der Waals surface area contributed by atoms with Crippen molar-refractivity contribution in [2.24, 2.45) is 0 Å². The molecule has 1 aromatic heterocycles. The molecule has 0 aliphatic carbocycles. The smallest absolute Gasteiger partial charge is 0.404 e. The fraction of sp³-hybridized carbons (Fsp3) is 0.370. The summed E-state index contributed by atoms with van der Waals surface area (Å²) in [6.07, 6.45) is 1.37. The van der Waals surface area contributed by atoms with Crippen LogP contribution in [-0.4, -0.2) is 48.1 Å². The Bertz CT molecular complexity index is 1140. The van der Waals surface area contributed by atoms with Crippen molar-refractivity contribution < 1.29 is 33.3 Å². The zero-order valence-electron chi connectivity index (χ0n) is 21.1. The van der Waals surface area contributed by atoms with Crippen LogP contribution in [0.2, 0.25) is 0 Å². The van der Waals surface area contributed by atoms with Crippen LogP contribution in [-0.2, 0) is 22.6 Å². The summed E-state index contributed by atoms with van der Waals surface area (Å²) in [4.78, 5) is 27.3. The molecule has 3 aromatic rings. The van der Waals surface area contributed by atoms with Gasteiger partial charge in [-0.05, 0) is 55.2 Å². The summed E-state index contributed by atoms with van der Waals surface area (Å²) in [5, 5.41) is 14.0. The van der Waals surface area contributed by atoms with Crippen LogP contribution in [0.15, 0.2) is 59.2 Å². The van der Waals surface area contributed by atoms with Crippen LogP contribution in [0, 0.1) is 0 Å². The molecule has 0 spiro atoms. The molecular weight excluding hydrogens is 478 g/mol. The second kappa shape index (κ2) is 14.6. The van der Waals surface area contributed by atoms with Gasteiger partial charge in [-0.1, -0.05) is 30.3 Å². The second-order valence-electron chi connectivity index (χ2n) is 8.04. The third-order valence-corrected chi connectivity index (χ3v) is 5.29. The van der Waals surface area contributed by atoms with E-state index in [9.17, 15) is 9.59 Å². The van der Waals surface area contributed by atoms with Crippen LogP contribution in [0.5, 0.6) is 5.75 Å². The molecule has 10 nitrogen and oxygen atoms in total. The van der Waals surface area contributed by atoms with Gasteiger partial charge in [0.1, 0.15) is 12.0 Å². The van der Waals surface area contributed by atoms with E-state index in [1.807, 2.05) is 62.4 Å². The number of oxazole rings is 1. The van der Waals surface area contributed by atoms with E-state index in [0.717, 1.165) is 16.7 Å². The van der Waals surface area contributed by atoms with E-state index in [1.54, 1.807) is 0 Å². The van der Waals surface area contributed by atoms with Crippen molar-refractivity contribution in [3.05, 3.63) is 71.9 Å². The molecule has 0 saturated carbocycles. The van der Waals surface area contributed by atoms with Crippen LogP contribution in [0.1, 0.15) is 48.6 Å². The number of amides is 2. The summed E-state index contributed by atoms with van der Waals surface area (Å²) >= 11 is 0. The number of ether oxygens (including phenoxy) is 3. The van der Waals surface area contributed by atoms with Gasteiger partial charge in [-0.2, -0.15) is 0 Å². The molecule has 0 radical (unpaired) electrons. The summed E-state index contributed by atoms with van der Waals surface area (Å²) in [5.41, 5.74) is 2.88. The van der Waals surface area contributed by atoms with Gasteiger partial charge in [-0.3, -0.25) is 4.79 Å². The Balaban J connectivity index is 1.49. The minimum Gasteiger partial charge on any atom is -0.484 e. The van der Waals surface area contributed by atoms with E-state index in [0.29, 0.717) is 38.3 Å². The lowest BCUT2D eigenvalue weighted by molar-refractivity contribution is -0.139. The molecule has 37 heavy (non-hydrogen) atoms. The maximum Gasteiger partial charge on any atom is 0.404 e. The Hall–Kier alpha value is -3.89. The summed E-state index contributed by atoms with van der Waals surface area (Å²) in [7, 11) is 0. The molecule has 2 amide bonds. The Morgan fingerprint density at radius 2 is 1.76 bits per heavy atom. The molecular formula is C27H33N3O7. The van der Waals surface area contributed by atoms with Gasteiger partial charge in [0.25, 0.3) is 5.91 Å². The number of hydrogen-bond donors (Lipinski definition) is 3. The highest BCUT2D eigenvalue weighted by molar-refractivity contribution is 5.91. The number of benzene rings is 2. The Labute approximate surface area is 215 Å². The lowest BCUT2D eigenvalue weighted by atomic mass is 10.0. The predicted octanol–water partition coefficient (Wildman–Crippen LogP) is 4.60. The minimum atomic E-state index is -1.07. The van der Waals surface area contributed by atoms with E-state index in [-0.39, 0.29) is 36.9 Å². The van der Waals surface area contributed by atoms with Gasteiger partial charge in [-0.15, -0.1) is 0 Å². The molecule has 1 heterocycles. The predicted molar refractivity (Wildman–Crippen MR) is 136 cm³/mol. The van der Waals surface area contributed by atoms with E-state index in [1.165, 1.54) is 6.26 Å². The third kappa shape index (κ3) is 9.25. The van der Waals surface area contributed by atoms with E-state index in [2.05, 4.69) is 15.6 Å². The van der Waals surface area contributed by atoms with Gasteiger partial charge < -0.3 is 34.4 Å². The molecule has 0 saturated heterocycles. The maximum absolute atomic E-state index is 12.4. The normalized spacial score (nSPS) is 10.9. The summed E-state index contributed by atoms with van der Waals surface area (Å²) in [5.74, 6) is 0.567. The van der Waals surface area contributed by atoms with Crippen LogP contribution in [0.4, 0.5) is 4.79 Å². The molecule has 2 aromatic carbocycles. The molecule has 0 aliphatic heterocycles. The first-order valence-electron chi connectivity index (χ1n) is 12.2. The molecule has 0 bridgehead atoms. The molecule has 0 unspecified atom stereocenters. The number of carboxylic acid groups (broad SMARTS) is 1. The highest BCUT2D eigenvalue weighted by atomic mass is 16.7. The van der Waals surface area contributed by atoms with Crippen molar-refractivity contribution in [1.82, 2.24) is 15.6 Å². The van der Waals surface area contributed by atoms with Crippen LogP contribution >= 0.6 is 0 Å². The number of rotatable bonds is 15. The van der Waals surface area contributed by atoms with Crippen molar-refractivity contribution in [2.75, 3.05) is 19.8 Å². The van der Waals surface area contributed by atoms with E-state index < -0.39 is 6.09 Å². The maximum atomic E-state index is 12.4. The zero-order valence-corrected chi connectivity index (χ0v) is 21.1. The monoisotopic (exact) mass is 511 g/mol. The number of carbonyl (C=O) groups excluding carboxylic acids is 1. The first-order valence-corrected chi connectivity index (χ1v) is 12.2. The average Bonchev–Trinajstić information content (AvgIpc) is 3.38. The molecule has 0 fully saturated rings. The first-order chi connectivity index (χ1) is 18.0. The molecule has 3 N–H and O–H groups in total. The quantitative estimate of drug-likeness (QED) is 0.199. The van der Waals surface area contributed by atoms with Gasteiger partial charge in [0.2, 0.25) is 5.89 Å². The Kier molecular flexibility index (Phi) is 10.9. The number of nitrogens with one attached hydrogen (secondary N) is 2. The molecule has 0 aliphatic rings. The minimum absolute atomic E-state index is 0.0592. The molecule has 0 atom stereocenters.